The van der Waals surface area contributed by atoms with E-state index in [0.29, 0.717) is 6.42 Å². The Kier molecular flexibility index (Phi) is 6.94. The third-order valence-corrected chi connectivity index (χ3v) is 4.46. The van der Waals surface area contributed by atoms with Crippen LogP contribution in [0, 0.1) is 11.8 Å². The lowest BCUT2D eigenvalue weighted by Crippen LogP contribution is -2.39. The highest BCUT2D eigenvalue weighted by Crippen LogP contribution is 2.17. The molecule has 1 aromatic rings. The lowest BCUT2D eigenvalue weighted by Gasteiger charge is -2.30. The molecule has 1 aromatic carbocycles. The van der Waals surface area contributed by atoms with E-state index in [9.17, 15) is 0 Å². The van der Waals surface area contributed by atoms with Crippen molar-refractivity contribution >= 4 is 11.8 Å². The molecule has 21 heavy (non-hydrogen) atoms. The zero-order valence-corrected chi connectivity index (χ0v) is 13.4. The van der Waals surface area contributed by atoms with Crippen LogP contribution in [0.4, 0.5) is 0 Å². The topological polar surface area (TPSA) is 32.7 Å². The van der Waals surface area contributed by atoms with E-state index in [0.717, 1.165) is 42.8 Å². The summed E-state index contributed by atoms with van der Waals surface area (Å²) in [6.45, 7) is 6.44. The molecule has 1 atom stereocenters. The standard InChI is InChI=1S/C17H23NO2S/c1-15-14-18(10-13-21-15)9-12-20-17-7-5-16(6-8-17)4-2-3-11-19/h5-8,15,19H,3,9-14H2,1H3. The first kappa shape index (κ1) is 16.2. The smallest absolute Gasteiger partial charge is 0.119 e. The number of hydrogen-bond acceptors (Lipinski definition) is 4. The van der Waals surface area contributed by atoms with Crippen LogP contribution in [0.25, 0.3) is 0 Å². The van der Waals surface area contributed by atoms with Crippen molar-refractivity contribution < 1.29 is 9.84 Å². The third-order valence-electron chi connectivity index (χ3n) is 3.33. The SMILES string of the molecule is CC1CN(CCOc2ccc(C#CCCO)cc2)CCS1. The second-order valence-corrected chi connectivity index (χ2v) is 6.68. The van der Waals surface area contributed by atoms with E-state index in [4.69, 9.17) is 9.84 Å². The molecule has 1 aliphatic rings. The van der Waals surface area contributed by atoms with Crippen LogP contribution in [0.2, 0.25) is 0 Å². The van der Waals surface area contributed by atoms with Gasteiger partial charge in [0.05, 0.1) is 6.61 Å². The minimum atomic E-state index is 0.113. The van der Waals surface area contributed by atoms with E-state index in [2.05, 4.69) is 35.4 Å². The predicted octanol–water partition coefficient (Wildman–Crippen LogP) is 2.24. The Bertz CT molecular complexity index is 478. The van der Waals surface area contributed by atoms with Gasteiger partial charge < -0.3 is 9.84 Å². The number of ether oxygens (including phenoxy) is 1. The van der Waals surface area contributed by atoms with Crippen LogP contribution in [0.5, 0.6) is 5.75 Å². The highest BCUT2D eigenvalue weighted by Gasteiger charge is 2.15. The Labute approximate surface area is 131 Å². The summed E-state index contributed by atoms with van der Waals surface area (Å²) >= 11 is 2.05. The van der Waals surface area contributed by atoms with Gasteiger partial charge in [0.25, 0.3) is 0 Å². The van der Waals surface area contributed by atoms with Gasteiger partial charge in [0.15, 0.2) is 0 Å². The number of aliphatic hydroxyl groups excluding tert-OH is 1. The summed E-state index contributed by atoms with van der Waals surface area (Å²) in [5.41, 5.74) is 0.956. The second kappa shape index (κ2) is 8.99. The van der Waals surface area contributed by atoms with Crippen molar-refractivity contribution in [2.45, 2.75) is 18.6 Å². The first-order valence-corrected chi connectivity index (χ1v) is 8.49. The van der Waals surface area contributed by atoms with E-state index >= 15 is 0 Å². The van der Waals surface area contributed by atoms with Crippen LogP contribution in [-0.2, 0) is 0 Å². The fourth-order valence-electron chi connectivity index (χ4n) is 2.24. The van der Waals surface area contributed by atoms with Gasteiger partial charge >= 0.3 is 0 Å². The number of hydrogen-bond donors (Lipinski definition) is 1. The number of nitrogens with zero attached hydrogens (tertiary/aromatic N) is 1. The number of benzene rings is 1. The van der Waals surface area contributed by atoms with E-state index in [-0.39, 0.29) is 6.61 Å². The summed E-state index contributed by atoms with van der Waals surface area (Å²) in [5, 5.41) is 9.41. The number of thioether (sulfide) groups is 1. The fraction of sp³-hybridized carbons (Fsp3) is 0.529. The van der Waals surface area contributed by atoms with Gasteiger partial charge in [-0.25, -0.2) is 0 Å². The number of rotatable bonds is 5. The van der Waals surface area contributed by atoms with Crippen molar-refractivity contribution in [3.05, 3.63) is 29.8 Å². The maximum Gasteiger partial charge on any atom is 0.119 e. The van der Waals surface area contributed by atoms with Gasteiger partial charge in [-0.05, 0) is 24.3 Å². The van der Waals surface area contributed by atoms with Crippen molar-refractivity contribution in [1.82, 2.24) is 4.90 Å². The van der Waals surface area contributed by atoms with Crippen LogP contribution >= 0.6 is 11.8 Å². The highest BCUT2D eigenvalue weighted by molar-refractivity contribution is 7.99. The van der Waals surface area contributed by atoms with Crippen LogP contribution < -0.4 is 4.74 Å². The van der Waals surface area contributed by atoms with Crippen molar-refractivity contribution in [2.75, 3.05) is 38.6 Å². The molecule has 3 nitrogen and oxygen atoms in total. The lowest BCUT2D eigenvalue weighted by molar-refractivity contribution is 0.215. The Morgan fingerprint density at radius 2 is 2.19 bits per heavy atom. The molecule has 0 spiro atoms. The molecule has 0 aliphatic carbocycles. The Morgan fingerprint density at radius 3 is 2.90 bits per heavy atom. The van der Waals surface area contributed by atoms with Gasteiger partial charge in [-0.1, -0.05) is 18.8 Å². The summed E-state index contributed by atoms with van der Waals surface area (Å²) in [6.07, 6.45) is 0.519. The van der Waals surface area contributed by atoms with Crippen molar-refractivity contribution in [3.63, 3.8) is 0 Å². The van der Waals surface area contributed by atoms with Gasteiger partial charge in [0, 0.05) is 42.6 Å². The second-order valence-electron chi connectivity index (χ2n) is 5.13. The molecule has 1 N–H and O–H groups in total. The molecular formula is C17H23NO2S. The summed E-state index contributed by atoms with van der Waals surface area (Å²) < 4.78 is 5.79. The molecule has 1 saturated heterocycles. The van der Waals surface area contributed by atoms with E-state index in [1.54, 1.807) is 0 Å². The minimum Gasteiger partial charge on any atom is -0.492 e. The van der Waals surface area contributed by atoms with E-state index < -0.39 is 0 Å². The molecular weight excluding hydrogens is 282 g/mol. The fourth-order valence-corrected chi connectivity index (χ4v) is 3.32. The zero-order valence-electron chi connectivity index (χ0n) is 12.5. The highest BCUT2D eigenvalue weighted by atomic mass is 32.2. The van der Waals surface area contributed by atoms with Crippen LogP contribution in [0.3, 0.4) is 0 Å². The van der Waals surface area contributed by atoms with E-state index in [1.807, 2.05) is 24.3 Å². The summed E-state index contributed by atoms with van der Waals surface area (Å²) in [4.78, 5) is 2.47. The average Bonchev–Trinajstić information content (AvgIpc) is 2.49. The molecule has 0 aromatic heterocycles. The molecule has 1 unspecified atom stereocenters. The van der Waals surface area contributed by atoms with E-state index in [1.165, 1.54) is 5.75 Å². The molecule has 0 radical (unpaired) electrons. The number of aliphatic hydroxyl groups is 1. The molecule has 2 rings (SSSR count). The van der Waals surface area contributed by atoms with Gasteiger partial charge in [-0.2, -0.15) is 11.8 Å². The van der Waals surface area contributed by atoms with Crippen LogP contribution in [0.15, 0.2) is 24.3 Å². The summed E-state index contributed by atoms with van der Waals surface area (Å²) in [5.74, 6) is 8.04. The summed E-state index contributed by atoms with van der Waals surface area (Å²) in [6, 6.07) is 7.83. The Balaban J connectivity index is 1.72. The molecule has 0 saturated carbocycles. The quantitative estimate of drug-likeness (QED) is 0.846. The molecule has 0 amide bonds. The van der Waals surface area contributed by atoms with Crippen LogP contribution in [-0.4, -0.2) is 53.9 Å². The summed E-state index contributed by atoms with van der Waals surface area (Å²) in [7, 11) is 0. The first-order chi connectivity index (χ1) is 10.3. The molecule has 114 valence electrons. The van der Waals surface area contributed by atoms with Gasteiger partial charge in [0.2, 0.25) is 0 Å². The normalized spacial score (nSPS) is 18.9. The predicted molar refractivity (Wildman–Crippen MR) is 88.9 cm³/mol. The molecule has 1 fully saturated rings. The first-order valence-electron chi connectivity index (χ1n) is 7.44. The van der Waals surface area contributed by atoms with Gasteiger partial charge in [0.1, 0.15) is 12.4 Å². The largest absolute Gasteiger partial charge is 0.492 e. The van der Waals surface area contributed by atoms with Gasteiger partial charge in [-0.3, -0.25) is 4.90 Å². The van der Waals surface area contributed by atoms with Crippen molar-refractivity contribution in [1.29, 1.82) is 0 Å². The Hall–Kier alpha value is -1.15. The zero-order chi connectivity index (χ0) is 14.9. The average molecular weight is 305 g/mol. The maximum absolute atomic E-state index is 8.68. The Morgan fingerprint density at radius 1 is 1.38 bits per heavy atom. The third kappa shape index (κ3) is 6.01. The molecule has 1 aliphatic heterocycles. The monoisotopic (exact) mass is 305 g/mol. The van der Waals surface area contributed by atoms with Gasteiger partial charge in [-0.15, -0.1) is 0 Å². The lowest BCUT2D eigenvalue weighted by atomic mass is 10.2. The molecule has 1 heterocycles. The van der Waals surface area contributed by atoms with Crippen molar-refractivity contribution in [2.24, 2.45) is 0 Å². The minimum absolute atomic E-state index is 0.113. The maximum atomic E-state index is 8.68. The molecule has 0 bridgehead atoms. The molecule has 4 heteroatoms. The van der Waals surface area contributed by atoms with Crippen molar-refractivity contribution in [3.8, 4) is 17.6 Å². The van der Waals surface area contributed by atoms with Crippen LogP contribution in [0.1, 0.15) is 18.9 Å².